The zero-order valence-electron chi connectivity index (χ0n) is 14.0. The first-order chi connectivity index (χ1) is 11.7. The van der Waals surface area contributed by atoms with Crippen molar-refractivity contribution in [1.29, 1.82) is 0 Å². The molecule has 2 aromatic rings. The van der Waals surface area contributed by atoms with Crippen LogP contribution in [0.3, 0.4) is 0 Å². The molecular formula is C19H23N2O3+. The maximum atomic E-state index is 12.5. The van der Waals surface area contributed by atoms with E-state index >= 15 is 0 Å². The summed E-state index contributed by atoms with van der Waals surface area (Å²) in [5, 5.41) is 5.10. The quantitative estimate of drug-likeness (QED) is 0.861. The summed E-state index contributed by atoms with van der Waals surface area (Å²) in [5.41, 5.74) is 3.45. The van der Waals surface area contributed by atoms with E-state index in [2.05, 4.69) is 10.6 Å². The summed E-state index contributed by atoms with van der Waals surface area (Å²) in [6, 6.07) is 13.8. The number of amides is 1. The van der Waals surface area contributed by atoms with Gasteiger partial charge in [-0.3, -0.25) is 4.79 Å². The molecule has 0 spiro atoms. The summed E-state index contributed by atoms with van der Waals surface area (Å²) in [7, 11) is 3.26. The van der Waals surface area contributed by atoms with E-state index in [-0.39, 0.29) is 11.9 Å². The highest BCUT2D eigenvalue weighted by Crippen LogP contribution is 2.31. The molecule has 1 amide bonds. The summed E-state index contributed by atoms with van der Waals surface area (Å²) in [6.45, 7) is 1.32. The number of carbonyl (C=O) groups is 1. The fourth-order valence-corrected chi connectivity index (χ4v) is 3.05. The highest BCUT2D eigenvalue weighted by molar-refractivity contribution is 5.80. The Morgan fingerprint density at radius 3 is 2.46 bits per heavy atom. The number of nitrogens with one attached hydrogen (secondary N) is 1. The largest absolute Gasteiger partial charge is 0.493 e. The fraction of sp³-hybridized carbons (Fsp3) is 0.316. The van der Waals surface area contributed by atoms with Crippen LogP contribution in [0.15, 0.2) is 42.5 Å². The van der Waals surface area contributed by atoms with Crippen molar-refractivity contribution in [2.45, 2.75) is 25.6 Å². The molecule has 3 rings (SSSR count). The Balaban J connectivity index is 1.66. The molecule has 126 valence electrons. The second-order valence-electron chi connectivity index (χ2n) is 5.93. The number of methoxy groups -OCH3 is 2. The maximum absolute atomic E-state index is 12.5. The van der Waals surface area contributed by atoms with Gasteiger partial charge in [0.25, 0.3) is 5.91 Å². The van der Waals surface area contributed by atoms with Gasteiger partial charge in [0, 0.05) is 18.5 Å². The van der Waals surface area contributed by atoms with Crippen LogP contribution in [0.25, 0.3) is 0 Å². The van der Waals surface area contributed by atoms with Crippen molar-refractivity contribution in [2.75, 3.05) is 14.2 Å². The number of carbonyl (C=O) groups excluding carboxylic acids is 1. The number of hydrogen-bond donors (Lipinski definition) is 2. The van der Waals surface area contributed by atoms with Gasteiger partial charge in [-0.15, -0.1) is 0 Å². The van der Waals surface area contributed by atoms with Crippen molar-refractivity contribution in [3.63, 3.8) is 0 Å². The van der Waals surface area contributed by atoms with Crippen LogP contribution in [0.2, 0.25) is 0 Å². The van der Waals surface area contributed by atoms with E-state index in [9.17, 15) is 4.79 Å². The molecule has 1 atom stereocenters. The van der Waals surface area contributed by atoms with Crippen molar-refractivity contribution in [3.05, 3.63) is 59.2 Å². The Hall–Kier alpha value is -2.53. The molecule has 3 N–H and O–H groups in total. The van der Waals surface area contributed by atoms with E-state index in [1.54, 1.807) is 14.2 Å². The molecule has 1 aliphatic heterocycles. The average Bonchev–Trinajstić information content (AvgIpc) is 2.65. The van der Waals surface area contributed by atoms with Gasteiger partial charge in [0.05, 0.1) is 14.2 Å². The molecule has 1 heterocycles. The van der Waals surface area contributed by atoms with Gasteiger partial charge < -0.3 is 20.1 Å². The van der Waals surface area contributed by atoms with E-state index in [1.165, 1.54) is 5.56 Å². The number of benzene rings is 2. The predicted molar refractivity (Wildman–Crippen MR) is 91.0 cm³/mol. The van der Waals surface area contributed by atoms with Crippen molar-refractivity contribution in [2.24, 2.45) is 0 Å². The number of quaternary nitrogens is 1. The first kappa shape index (κ1) is 16.3. The number of fused-ring (bicyclic) bond motifs is 1. The van der Waals surface area contributed by atoms with Gasteiger partial charge in [0.15, 0.2) is 17.5 Å². The van der Waals surface area contributed by atoms with Crippen LogP contribution in [0.1, 0.15) is 16.7 Å². The van der Waals surface area contributed by atoms with E-state index < -0.39 is 0 Å². The zero-order valence-corrected chi connectivity index (χ0v) is 14.0. The van der Waals surface area contributed by atoms with Crippen molar-refractivity contribution < 1.29 is 19.6 Å². The standard InChI is InChI=1S/C19H22N2O3/c1-23-17-9-14-8-16(20-12-15(14)10-18(17)24-2)19(22)21-11-13-6-4-3-5-7-13/h3-7,9-10,16,20H,8,11-12H2,1-2H3,(H,21,22)/p+1/t16-/m0/s1. The Bertz CT molecular complexity index is 716. The third-order valence-corrected chi connectivity index (χ3v) is 4.41. The smallest absolute Gasteiger partial charge is 0.278 e. The number of rotatable bonds is 5. The molecule has 0 aliphatic carbocycles. The highest BCUT2D eigenvalue weighted by Gasteiger charge is 2.29. The molecule has 0 fully saturated rings. The van der Waals surface area contributed by atoms with Gasteiger partial charge in [-0.05, 0) is 23.3 Å². The van der Waals surface area contributed by atoms with Gasteiger partial charge in [0.1, 0.15) is 6.54 Å². The van der Waals surface area contributed by atoms with Gasteiger partial charge in [-0.1, -0.05) is 30.3 Å². The lowest BCUT2D eigenvalue weighted by Crippen LogP contribution is -2.93. The first-order valence-corrected chi connectivity index (χ1v) is 8.10. The van der Waals surface area contributed by atoms with Gasteiger partial charge in [-0.2, -0.15) is 0 Å². The van der Waals surface area contributed by atoms with E-state index in [0.29, 0.717) is 18.7 Å². The lowest BCUT2D eigenvalue weighted by Gasteiger charge is -2.23. The number of ether oxygens (including phenoxy) is 2. The number of nitrogens with two attached hydrogens (primary N) is 1. The van der Waals surface area contributed by atoms with Gasteiger partial charge in [-0.25, -0.2) is 0 Å². The molecule has 0 bridgehead atoms. The van der Waals surface area contributed by atoms with Crippen LogP contribution in [-0.2, 0) is 24.3 Å². The second kappa shape index (κ2) is 7.36. The molecule has 0 saturated heterocycles. The minimum absolute atomic E-state index is 0.0688. The van der Waals surface area contributed by atoms with Crippen molar-refractivity contribution in [1.82, 2.24) is 5.32 Å². The summed E-state index contributed by atoms with van der Waals surface area (Å²) >= 11 is 0. The predicted octanol–water partition coefficient (Wildman–Crippen LogP) is 1.01. The van der Waals surface area contributed by atoms with E-state index in [0.717, 1.165) is 23.4 Å². The van der Waals surface area contributed by atoms with E-state index in [1.807, 2.05) is 42.5 Å². The second-order valence-corrected chi connectivity index (χ2v) is 5.93. The van der Waals surface area contributed by atoms with E-state index in [4.69, 9.17) is 9.47 Å². The third-order valence-electron chi connectivity index (χ3n) is 4.41. The van der Waals surface area contributed by atoms with Crippen LogP contribution < -0.4 is 20.1 Å². The van der Waals surface area contributed by atoms with Crippen LogP contribution in [0.5, 0.6) is 11.5 Å². The maximum Gasteiger partial charge on any atom is 0.278 e. The Labute approximate surface area is 142 Å². The summed E-state index contributed by atoms with van der Waals surface area (Å²) in [6.07, 6.45) is 0.691. The third kappa shape index (κ3) is 3.51. The minimum atomic E-state index is -0.112. The van der Waals surface area contributed by atoms with Crippen molar-refractivity contribution in [3.8, 4) is 11.5 Å². The molecule has 1 aliphatic rings. The van der Waals surface area contributed by atoms with Crippen LogP contribution in [0.4, 0.5) is 0 Å². The van der Waals surface area contributed by atoms with Gasteiger partial charge >= 0.3 is 0 Å². The summed E-state index contributed by atoms with van der Waals surface area (Å²) < 4.78 is 10.7. The molecule has 0 saturated carbocycles. The molecular weight excluding hydrogens is 304 g/mol. The molecule has 5 heteroatoms. The first-order valence-electron chi connectivity index (χ1n) is 8.10. The topological polar surface area (TPSA) is 64.2 Å². The monoisotopic (exact) mass is 327 g/mol. The summed E-state index contributed by atoms with van der Waals surface area (Å²) in [4.78, 5) is 12.5. The van der Waals surface area contributed by atoms with Gasteiger partial charge in [0.2, 0.25) is 0 Å². The average molecular weight is 327 g/mol. The minimum Gasteiger partial charge on any atom is -0.493 e. The fourth-order valence-electron chi connectivity index (χ4n) is 3.05. The Kier molecular flexibility index (Phi) is 5.01. The SMILES string of the molecule is COc1cc2c(cc1OC)C[C@@H](C(=O)NCc1ccccc1)[NH2+]C2. The highest BCUT2D eigenvalue weighted by atomic mass is 16.5. The summed E-state index contributed by atoms with van der Waals surface area (Å²) in [5.74, 6) is 1.51. The Morgan fingerprint density at radius 2 is 1.79 bits per heavy atom. The van der Waals surface area contributed by atoms with Crippen molar-refractivity contribution >= 4 is 5.91 Å². The zero-order chi connectivity index (χ0) is 16.9. The molecule has 2 aromatic carbocycles. The molecule has 0 aromatic heterocycles. The Morgan fingerprint density at radius 1 is 1.12 bits per heavy atom. The number of hydrogen-bond acceptors (Lipinski definition) is 3. The molecule has 0 unspecified atom stereocenters. The van der Waals surface area contributed by atoms with Crippen LogP contribution in [0, 0.1) is 0 Å². The lowest BCUT2D eigenvalue weighted by atomic mass is 9.94. The van der Waals surface area contributed by atoms with Crippen LogP contribution >= 0.6 is 0 Å². The molecule has 0 radical (unpaired) electrons. The molecule has 24 heavy (non-hydrogen) atoms. The molecule has 5 nitrogen and oxygen atoms in total. The normalized spacial score (nSPS) is 16.2. The van der Waals surface area contributed by atoms with Crippen LogP contribution in [-0.4, -0.2) is 26.2 Å². The lowest BCUT2D eigenvalue weighted by molar-refractivity contribution is -0.695.